The fourth-order valence-corrected chi connectivity index (χ4v) is 3.48. The number of carbonyl (C=O) groups is 1. The summed E-state index contributed by atoms with van der Waals surface area (Å²) in [6.07, 6.45) is 1.01. The molecule has 0 aliphatic heterocycles. The largest absolute Gasteiger partial charge is 0.341 e. The standard InChI is InChI=1S/C15H13F2NO5S2/c1-24(20,21)11-8-6-10(7-9-11)14(19)18-12-4-2-3-5-13(12)25(22,23)15(16)17/h2-9,15H,1H3,(H,18,19). The highest BCUT2D eigenvalue weighted by Gasteiger charge is 2.29. The Kier molecular flexibility index (Phi) is 5.23. The van der Waals surface area contributed by atoms with Gasteiger partial charge in [0.1, 0.15) is 0 Å². The zero-order chi connectivity index (χ0) is 18.8. The third kappa shape index (κ3) is 4.20. The zero-order valence-corrected chi connectivity index (χ0v) is 14.4. The minimum absolute atomic E-state index is 0.00438. The van der Waals surface area contributed by atoms with Crippen molar-refractivity contribution in [1.82, 2.24) is 0 Å². The van der Waals surface area contributed by atoms with E-state index in [9.17, 15) is 30.4 Å². The van der Waals surface area contributed by atoms with Crippen LogP contribution in [-0.4, -0.2) is 34.8 Å². The van der Waals surface area contributed by atoms with Gasteiger partial charge in [-0.25, -0.2) is 16.8 Å². The molecule has 25 heavy (non-hydrogen) atoms. The van der Waals surface area contributed by atoms with Crippen LogP contribution < -0.4 is 5.32 Å². The summed E-state index contributed by atoms with van der Waals surface area (Å²) in [4.78, 5) is 11.5. The lowest BCUT2D eigenvalue weighted by atomic mass is 10.2. The molecule has 2 aromatic rings. The number of hydrogen-bond donors (Lipinski definition) is 1. The molecular formula is C15H13F2NO5S2. The fraction of sp³-hybridized carbons (Fsp3) is 0.133. The van der Waals surface area contributed by atoms with E-state index in [1.165, 1.54) is 42.5 Å². The number of hydrogen-bond acceptors (Lipinski definition) is 5. The van der Waals surface area contributed by atoms with Crippen molar-refractivity contribution in [1.29, 1.82) is 0 Å². The predicted octanol–water partition coefficient (Wildman–Crippen LogP) is 2.34. The third-order valence-corrected chi connectivity index (χ3v) is 5.79. The average Bonchev–Trinajstić information content (AvgIpc) is 2.54. The number of alkyl halides is 2. The Morgan fingerprint density at radius 1 is 0.960 bits per heavy atom. The number of nitrogens with one attached hydrogen (secondary N) is 1. The molecule has 0 atom stereocenters. The highest BCUT2D eigenvalue weighted by atomic mass is 32.2. The molecular weight excluding hydrogens is 376 g/mol. The van der Waals surface area contributed by atoms with E-state index in [1.54, 1.807) is 0 Å². The maximum Gasteiger partial charge on any atom is 0.341 e. The molecule has 0 saturated carbocycles. The van der Waals surface area contributed by atoms with E-state index in [1.807, 2.05) is 0 Å². The van der Waals surface area contributed by atoms with E-state index in [0.29, 0.717) is 0 Å². The molecule has 6 nitrogen and oxygen atoms in total. The number of benzene rings is 2. The number of amides is 1. The monoisotopic (exact) mass is 389 g/mol. The minimum Gasteiger partial charge on any atom is -0.321 e. The van der Waals surface area contributed by atoms with Gasteiger partial charge in [-0.15, -0.1) is 0 Å². The smallest absolute Gasteiger partial charge is 0.321 e. The molecule has 0 heterocycles. The Morgan fingerprint density at radius 3 is 2.04 bits per heavy atom. The van der Waals surface area contributed by atoms with Crippen LogP contribution in [0.1, 0.15) is 10.4 Å². The molecule has 0 bridgehead atoms. The van der Waals surface area contributed by atoms with E-state index in [2.05, 4.69) is 5.32 Å². The van der Waals surface area contributed by atoms with Gasteiger partial charge in [0.15, 0.2) is 9.84 Å². The molecule has 0 aliphatic rings. The van der Waals surface area contributed by atoms with Crippen LogP contribution >= 0.6 is 0 Å². The van der Waals surface area contributed by atoms with Gasteiger partial charge in [-0.2, -0.15) is 8.78 Å². The topological polar surface area (TPSA) is 97.4 Å². The Bertz CT molecular complexity index is 1000. The number of anilines is 1. The summed E-state index contributed by atoms with van der Waals surface area (Å²) < 4.78 is 71.6. The second-order valence-electron chi connectivity index (χ2n) is 5.05. The first kappa shape index (κ1) is 19.0. The van der Waals surface area contributed by atoms with Crippen LogP contribution in [0.25, 0.3) is 0 Å². The van der Waals surface area contributed by atoms with E-state index >= 15 is 0 Å². The molecule has 0 unspecified atom stereocenters. The van der Waals surface area contributed by atoms with Crippen molar-refractivity contribution < 1.29 is 30.4 Å². The van der Waals surface area contributed by atoms with Gasteiger partial charge in [0, 0.05) is 11.8 Å². The lowest BCUT2D eigenvalue weighted by Crippen LogP contribution is -2.17. The highest BCUT2D eigenvalue weighted by molar-refractivity contribution is 7.92. The minimum atomic E-state index is -4.89. The quantitative estimate of drug-likeness (QED) is 0.847. The van der Waals surface area contributed by atoms with Crippen molar-refractivity contribution >= 4 is 31.3 Å². The van der Waals surface area contributed by atoms with Gasteiger partial charge < -0.3 is 5.32 Å². The maximum absolute atomic E-state index is 12.7. The lowest BCUT2D eigenvalue weighted by molar-refractivity contribution is 0.102. The first-order valence-corrected chi connectivity index (χ1v) is 10.2. The predicted molar refractivity (Wildman–Crippen MR) is 87.1 cm³/mol. The molecule has 0 spiro atoms. The summed E-state index contributed by atoms with van der Waals surface area (Å²) >= 11 is 0. The summed E-state index contributed by atoms with van der Waals surface area (Å²) in [6, 6.07) is 9.67. The molecule has 0 aromatic heterocycles. The molecule has 0 radical (unpaired) electrons. The zero-order valence-electron chi connectivity index (χ0n) is 12.8. The summed E-state index contributed by atoms with van der Waals surface area (Å²) in [5.41, 5.74) is -0.253. The Balaban J connectivity index is 2.34. The van der Waals surface area contributed by atoms with Crippen LogP contribution in [0.5, 0.6) is 0 Å². The van der Waals surface area contributed by atoms with Crippen LogP contribution in [0.3, 0.4) is 0 Å². The SMILES string of the molecule is CS(=O)(=O)c1ccc(C(=O)Nc2ccccc2S(=O)(=O)C(F)F)cc1. The van der Waals surface area contributed by atoms with Crippen LogP contribution in [-0.2, 0) is 19.7 Å². The van der Waals surface area contributed by atoms with E-state index in [0.717, 1.165) is 12.3 Å². The molecule has 1 N–H and O–H groups in total. The van der Waals surface area contributed by atoms with Gasteiger partial charge in [0.05, 0.1) is 15.5 Å². The number of sulfone groups is 2. The van der Waals surface area contributed by atoms with Crippen molar-refractivity contribution in [2.24, 2.45) is 0 Å². The summed E-state index contributed by atoms with van der Waals surface area (Å²) in [5, 5.41) is 2.25. The molecule has 0 saturated heterocycles. The van der Waals surface area contributed by atoms with Gasteiger partial charge in [0.25, 0.3) is 5.91 Å². The fourth-order valence-electron chi connectivity index (χ4n) is 1.96. The van der Waals surface area contributed by atoms with Crippen molar-refractivity contribution in [3.63, 3.8) is 0 Å². The van der Waals surface area contributed by atoms with Gasteiger partial charge in [-0.05, 0) is 36.4 Å². The number of halogens is 2. The summed E-state index contributed by atoms with van der Waals surface area (Å²) in [6.45, 7) is 0. The lowest BCUT2D eigenvalue weighted by Gasteiger charge is -2.11. The van der Waals surface area contributed by atoms with Crippen molar-refractivity contribution in [2.45, 2.75) is 15.5 Å². The molecule has 1 amide bonds. The van der Waals surface area contributed by atoms with Gasteiger partial charge >= 0.3 is 5.76 Å². The van der Waals surface area contributed by atoms with Crippen molar-refractivity contribution in [3.05, 3.63) is 54.1 Å². The second kappa shape index (κ2) is 6.89. The number of para-hydroxylation sites is 1. The average molecular weight is 389 g/mol. The molecule has 10 heteroatoms. The van der Waals surface area contributed by atoms with Crippen molar-refractivity contribution in [2.75, 3.05) is 11.6 Å². The molecule has 2 aromatic carbocycles. The second-order valence-corrected chi connectivity index (χ2v) is 8.95. The number of rotatable bonds is 5. The molecule has 134 valence electrons. The molecule has 2 rings (SSSR count). The summed E-state index contributed by atoms with van der Waals surface area (Å²) in [5.74, 6) is -4.39. The van der Waals surface area contributed by atoms with Gasteiger partial charge in [0.2, 0.25) is 9.84 Å². The van der Waals surface area contributed by atoms with E-state index in [4.69, 9.17) is 0 Å². The Morgan fingerprint density at radius 2 is 1.52 bits per heavy atom. The first-order chi connectivity index (χ1) is 11.5. The maximum atomic E-state index is 12.7. The molecule has 0 aliphatic carbocycles. The van der Waals surface area contributed by atoms with Crippen LogP contribution in [0.2, 0.25) is 0 Å². The van der Waals surface area contributed by atoms with Gasteiger partial charge in [-0.1, -0.05) is 12.1 Å². The normalized spacial score (nSPS) is 12.2. The van der Waals surface area contributed by atoms with E-state index in [-0.39, 0.29) is 16.1 Å². The Hall–Kier alpha value is -2.33. The summed E-state index contributed by atoms with van der Waals surface area (Å²) in [7, 11) is -8.32. The highest BCUT2D eigenvalue weighted by Crippen LogP contribution is 2.26. The van der Waals surface area contributed by atoms with Crippen LogP contribution in [0.4, 0.5) is 14.5 Å². The third-order valence-electron chi connectivity index (χ3n) is 3.22. The molecule has 0 fully saturated rings. The van der Waals surface area contributed by atoms with E-state index < -0.39 is 36.2 Å². The van der Waals surface area contributed by atoms with Crippen LogP contribution in [0, 0.1) is 0 Å². The van der Waals surface area contributed by atoms with Gasteiger partial charge in [-0.3, -0.25) is 4.79 Å². The van der Waals surface area contributed by atoms with Crippen LogP contribution in [0.15, 0.2) is 58.3 Å². The first-order valence-electron chi connectivity index (χ1n) is 6.76. The number of carbonyl (C=O) groups excluding carboxylic acids is 1. The Labute approximate surface area is 143 Å². The van der Waals surface area contributed by atoms with Crippen molar-refractivity contribution in [3.8, 4) is 0 Å².